The topological polar surface area (TPSA) is 64.4 Å². The smallest absolute Gasteiger partial charge is 0.246 e. The van der Waals surface area contributed by atoms with E-state index in [2.05, 4.69) is 6.07 Å². The Labute approximate surface area is 118 Å². The second-order valence-corrected chi connectivity index (χ2v) is 6.49. The summed E-state index contributed by atoms with van der Waals surface area (Å²) in [5, 5.41) is 8.53. The van der Waals surface area contributed by atoms with Crippen LogP contribution in [0.3, 0.4) is 0 Å². The summed E-state index contributed by atoms with van der Waals surface area (Å²) in [5.74, 6) is -0.723. The number of nitriles is 1. The summed E-state index contributed by atoms with van der Waals surface area (Å²) in [7, 11) is -3.77. The van der Waals surface area contributed by atoms with Gasteiger partial charge in [-0.05, 0) is 12.1 Å². The maximum Gasteiger partial charge on any atom is 0.246 e. The van der Waals surface area contributed by atoms with Crippen molar-refractivity contribution in [2.45, 2.75) is 11.3 Å². The van der Waals surface area contributed by atoms with Gasteiger partial charge in [-0.25, -0.2) is 12.8 Å². The molecule has 2 rings (SSSR count). The van der Waals surface area contributed by atoms with Gasteiger partial charge in [0, 0.05) is 39.1 Å². The summed E-state index contributed by atoms with van der Waals surface area (Å²) in [6, 6.07) is 7.48. The molecule has 108 valence electrons. The highest BCUT2D eigenvalue weighted by molar-refractivity contribution is 7.89. The van der Waals surface area contributed by atoms with Crippen LogP contribution in [0.4, 0.5) is 4.39 Å². The minimum atomic E-state index is -3.77. The minimum Gasteiger partial charge on any atom is -0.300 e. The van der Waals surface area contributed by atoms with Gasteiger partial charge in [-0.2, -0.15) is 9.57 Å². The zero-order valence-electron chi connectivity index (χ0n) is 11.0. The molecule has 0 radical (unpaired) electrons. The summed E-state index contributed by atoms with van der Waals surface area (Å²) < 4.78 is 39.6. The van der Waals surface area contributed by atoms with Crippen molar-refractivity contribution >= 4 is 10.0 Å². The van der Waals surface area contributed by atoms with E-state index in [9.17, 15) is 12.8 Å². The third-order valence-corrected chi connectivity index (χ3v) is 5.26. The Morgan fingerprint density at radius 1 is 1.20 bits per heavy atom. The molecule has 0 bridgehead atoms. The number of piperazine rings is 1. The fraction of sp³-hybridized carbons (Fsp3) is 0.462. The highest BCUT2D eigenvalue weighted by atomic mass is 32.2. The van der Waals surface area contributed by atoms with E-state index in [1.165, 1.54) is 22.5 Å². The molecule has 0 spiro atoms. The standard InChI is InChI=1S/C13H16FN3O2S/c14-12-4-1-2-5-13(12)20(18,19)17-10-8-16(9-11-17)7-3-6-15/h1-2,4-5H,3,7-11H2. The second-order valence-electron chi connectivity index (χ2n) is 4.58. The highest BCUT2D eigenvalue weighted by Gasteiger charge is 2.30. The molecule has 1 heterocycles. The quantitative estimate of drug-likeness (QED) is 0.833. The van der Waals surface area contributed by atoms with Gasteiger partial charge in [0.2, 0.25) is 10.0 Å². The van der Waals surface area contributed by atoms with Gasteiger partial charge in [0.25, 0.3) is 0 Å². The largest absolute Gasteiger partial charge is 0.300 e. The molecule has 20 heavy (non-hydrogen) atoms. The van der Waals surface area contributed by atoms with Crippen LogP contribution in [-0.4, -0.2) is 50.3 Å². The molecule has 0 aliphatic carbocycles. The number of nitrogens with zero attached hydrogens (tertiary/aromatic N) is 3. The van der Waals surface area contributed by atoms with Crippen molar-refractivity contribution in [1.82, 2.24) is 9.21 Å². The molecule has 1 aromatic carbocycles. The van der Waals surface area contributed by atoms with E-state index in [1.807, 2.05) is 4.90 Å². The number of halogens is 1. The SMILES string of the molecule is N#CCCN1CCN(S(=O)(=O)c2ccccc2F)CC1. The van der Waals surface area contributed by atoms with Crippen molar-refractivity contribution in [1.29, 1.82) is 5.26 Å². The van der Waals surface area contributed by atoms with Crippen LogP contribution >= 0.6 is 0 Å². The second kappa shape index (κ2) is 6.31. The van der Waals surface area contributed by atoms with E-state index in [4.69, 9.17) is 5.26 Å². The van der Waals surface area contributed by atoms with Crippen molar-refractivity contribution in [3.63, 3.8) is 0 Å². The molecule has 0 saturated carbocycles. The fourth-order valence-electron chi connectivity index (χ4n) is 2.19. The minimum absolute atomic E-state index is 0.273. The highest BCUT2D eigenvalue weighted by Crippen LogP contribution is 2.20. The lowest BCUT2D eigenvalue weighted by Crippen LogP contribution is -2.48. The van der Waals surface area contributed by atoms with Crippen molar-refractivity contribution in [3.8, 4) is 6.07 Å². The number of sulfonamides is 1. The maximum absolute atomic E-state index is 13.6. The first kappa shape index (κ1) is 14.9. The molecular weight excluding hydrogens is 281 g/mol. The normalized spacial score (nSPS) is 17.8. The van der Waals surface area contributed by atoms with E-state index < -0.39 is 15.8 Å². The number of rotatable bonds is 4. The van der Waals surface area contributed by atoms with E-state index in [1.54, 1.807) is 0 Å². The molecule has 0 atom stereocenters. The molecule has 0 unspecified atom stereocenters. The fourth-order valence-corrected chi connectivity index (χ4v) is 3.68. The van der Waals surface area contributed by atoms with Gasteiger partial charge in [-0.1, -0.05) is 12.1 Å². The van der Waals surface area contributed by atoms with Crippen molar-refractivity contribution in [2.24, 2.45) is 0 Å². The van der Waals surface area contributed by atoms with Crippen LogP contribution in [-0.2, 0) is 10.0 Å². The molecule has 1 aromatic rings. The van der Waals surface area contributed by atoms with E-state index in [-0.39, 0.29) is 4.90 Å². The third-order valence-electron chi connectivity index (χ3n) is 3.33. The zero-order valence-corrected chi connectivity index (χ0v) is 11.8. The first-order valence-electron chi connectivity index (χ1n) is 6.39. The Balaban J connectivity index is 2.07. The molecule has 1 fully saturated rings. The summed E-state index contributed by atoms with van der Waals surface area (Å²) in [5.41, 5.74) is 0. The van der Waals surface area contributed by atoms with Gasteiger partial charge in [0.05, 0.1) is 6.07 Å². The van der Waals surface area contributed by atoms with E-state index in [0.29, 0.717) is 39.1 Å². The van der Waals surface area contributed by atoms with Crippen LogP contribution in [0.5, 0.6) is 0 Å². The predicted octanol–water partition coefficient (Wildman–Crippen LogP) is 1.05. The average molecular weight is 297 g/mol. The molecule has 0 N–H and O–H groups in total. The molecule has 0 amide bonds. The van der Waals surface area contributed by atoms with E-state index in [0.717, 1.165) is 6.07 Å². The van der Waals surface area contributed by atoms with Gasteiger partial charge in [0.1, 0.15) is 10.7 Å². The lowest BCUT2D eigenvalue weighted by molar-refractivity contribution is 0.191. The van der Waals surface area contributed by atoms with Crippen LogP contribution < -0.4 is 0 Å². The van der Waals surface area contributed by atoms with Crippen LogP contribution in [0.15, 0.2) is 29.2 Å². The number of benzene rings is 1. The van der Waals surface area contributed by atoms with Gasteiger partial charge in [-0.3, -0.25) is 4.90 Å². The summed E-state index contributed by atoms with van der Waals surface area (Å²) >= 11 is 0. The van der Waals surface area contributed by atoms with Gasteiger partial charge < -0.3 is 0 Å². The van der Waals surface area contributed by atoms with E-state index >= 15 is 0 Å². The van der Waals surface area contributed by atoms with Crippen molar-refractivity contribution in [3.05, 3.63) is 30.1 Å². The Bertz CT molecular complexity index is 604. The molecular formula is C13H16FN3O2S. The first-order valence-corrected chi connectivity index (χ1v) is 7.83. The molecule has 7 heteroatoms. The number of hydrogen-bond acceptors (Lipinski definition) is 4. The lowest BCUT2D eigenvalue weighted by Gasteiger charge is -2.33. The number of hydrogen-bond donors (Lipinski definition) is 0. The van der Waals surface area contributed by atoms with Gasteiger partial charge in [0.15, 0.2) is 0 Å². The Morgan fingerprint density at radius 2 is 1.85 bits per heavy atom. The maximum atomic E-state index is 13.6. The third kappa shape index (κ3) is 3.15. The Kier molecular flexibility index (Phi) is 4.70. The molecule has 1 aliphatic rings. The van der Waals surface area contributed by atoms with Gasteiger partial charge in [-0.15, -0.1) is 0 Å². The van der Waals surface area contributed by atoms with Crippen LogP contribution in [0, 0.1) is 17.1 Å². The van der Waals surface area contributed by atoms with Crippen molar-refractivity contribution in [2.75, 3.05) is 32.7 Å². The van der Waals surface area contributed by atoms with Crippen LogP contribution in [0.1, 0.15) is 6.42 Å². The first-order chi connectivity index (χ1) is 9.55. The summed E-state index contributed by atoms with van der Waals surface area (Å²) in [4.78, 5) is 1.77. The van der Waals surface area contributed by atoms with Crippen LogP contribution in [0.2, 0.25) is 0 Å². The average Bonchev–Trinajstić information content (AvgIpc) is 2.46. The predicted molar refractivity (Wildman–Crippen MR) is 71.8 cm³/mol. The summed E-state index contributed by atoms with van der Waals surface area (Å²) in [6.07, 6.45) is 0.431. The van der Waals surface area contributed by atoms with Crippen molar-refractivity contribution < 1.29 is 12.8 Å². The van der Waals surface area contributed by atoms with Gasteiger partial charge >= 0.3 is 0 Å². The monoisotopic (exact) mass is 297 g/mol. The molecule has 5 nitrogen and oxygen atoms in total. The molecule has 1 aliphatic heterocycles. The Hall–Kier alpha value is -1.49. The van der Waals surface area contributed by atoms with Crippen LogP contribution in [0.25, 0.3) is 0 Å². The summed E-state index contributed by atoms with van der Waals surface area (Å²) in [6.45, 7) is 2.42. The Morgan fingerprint density at radius 3 is 2.45 bits per heavy atom. The zero-order chi connectivity index (χ0) is 14.6. The molecule has 1 saturated heterocycles. The molecule has 0 aromatic heterocycles. The lowest BCUT2D eigenvalue weighted by atomic mass is 10.3.